The summed E-state index contributed by atoms with van der Waals surface area (Å²) in [5.41, 5.74) is 0. The molecule has 0 aliphatic rings. The molecule has 0 fully saturated rings. The number of carbonyl (C=O) groups is 1. The lowest BCUT2D eigenvalue weighted by Crippen LogP contribution is -2.36. The van der Waals surface area contributed by atoms with Crippen molar-refractivity contribution >= 4 is 17.7 Å². The topological polar surface area (TPSA) is 72.7 Å². The zero-order valence-corrected chi connectivity index (χ0v) is 10.8. The number of hydrogen-bond acceptors (Lipinski definition) is 5. The van der Waals surface area contributed by atoms with Crippen LogP contribution >= 0.6 is 11.8 Å². The van der Waals surface area contributed by atoms with Gasteiger partial charge in [0.15, 0.2) is 0 Å². The summed E-state index contributed by atoms with van der Waals surface area (Å²) >= 11 is 1.37. The molecule has 1 unspecified atom stereocenters. The minimum absolute atomic E-state index is 0.00523. The molecule has 90 valence electrons. The van der Waals surface area contributed by atoms with E-state index in [1.165, 1.54) is 11.8 Å². The van der Waals surface area contributed by atoms with E-state index in [1.807, 2.05) is 27.7 Å². The van der Waals surface area contributed by atoms with E-state index in [0.717, 1.165) is 0 Å². The van der Waals surface area contributed by atoms with Crippen LogP contribution in [0.5, 0.6) is 0 Å². The Bertz CT molecular complexity index is 351. The van der Waals surface area contributed by atoms with E-state index in [-0.39, 0.29) is 17.2 Å². The summed E-state index contributed by atoms with van der Waals surface area (Å²) in [6.07, 6.45) is 0. The van der Waals surface area contributed by atoms with Gasteiger partial charge in [0.25, 0.3) is 0 Å². The Morgan fingerprint density at radius 3 is 2.75 bits per heavy atom. The van der Waals surface area contributed by atoms with E-state index < -0.39 is 0 Å². The molecule has 1 aromatic heterocycles. The Hall–Kier alpha value is -1.11. The van der Waals surface area contributed by atoms with E-state index in [4.69, 9.17) is 0 Å². The number of nitrogens with zero attached hydrogens (tertiary/aromatic N) is 4. The lowest BCUT2D eigenvalue weighted by molar-refractivity contribution is -0.120. The maximum Gasteiger partial charge on any atom is 0.233 e. The van der Waals surface area contributed by atoms with Gasteiger partial charge in [-0.2, -0.15) is 0 Å². The van der Waals surface area contributed by atoms with Crippen LogP contribution in [0.2, 0.25) is 0 Å². The van der Waals surface area contributed by atoms with Crippen LogP contribution < -0.4 is 5.32 Å². The molecule has 0 radical (unpaired) electrons. The molecule has 0 saturated carbocycles. The van der Waals surface area contributed by atoms with Crippen LogP contribution in [-0.4, -0.2) is 37.4 Å². The third kappa shape index (κ3) is 3.48. The van der Waals surface area contributed by atoms with Crippen LogP contribution in [0.25, 0.3) is 0 Å². The van der Waals surface area contributed by atoms with Gasteiger partial charge in [-0.25, -0.2) is 4.68 Å². The number of rotatable bonds is 5. The van der Waals surface area contributed by atoms with Crippen molar-refractivity contribution in [1.29, 1.82) is 0 Å². The first kappa shape index (κ1) is 13.0. The third-order valence-corrected chi connectivity index (χ3v) is 2.95. The average molecular weight is 243 g/mol. The normalized spacial score (nSPS) is 12.8. The highest BCUT2D eigenvalue weighted by atomic mass is 32.2. The van der Waals surface area contributed by atoms with Crippen molar-refractivity contribution in [2.45, 2.75) is 50.7 Å². The second-order valence-electron chi connectivity index (χ2n) is 3.70. The summed E-state index contributed by atoms with van der Waals surface area (Å²) in [5, 5.41) is 14.6. The number of thioether (sulfide) groups is 1. The minimum Gasteiger partial charge on any atom is -0.353 e. The Morgan fingerprint density at radius 2 is 2.19 bits per heavy atom. The first-order valence-corrected chi connectivity index (χ1v) is 6.15. The lowest BCUT2D eigenvalue weighted by atomic mass is 10.3. The fourth-order valence-corrected chi connectivity index (χ4v) is 1.96. The molecule has 0 spiro atoms. The zero-order valence-electron chi connectivity index (χ0n) is 9.97. The monoisotopic (exact) mass is 243 g/mol. The fourth-order valence-electron chi connectivity index (χ4n) is 1.09. The van der Waals surface area contributed by atoms with Crippen LogP contribution in [0.4, 0.5) is 0 Å². The summed E-state index contributed by atoms with van der Waals surface area (Å²) in [6.45, 7) is 8.38. The van der Waals surface area contributed by atoms with Gasteiger partial charge in [-0.1, -0.05) is 11.8 Å². The van der Waals surface area contributed by atoms with Crippen molar-refractivity contribution < 1.29 is 4.79 Å². The summed E-state index contributed by atoms with van der Waals surface area (Å²) in [5.74, 6) is 0.00523. The molecule has 6 nitrogen and oxygen atoms in total. The SMILES string of the molecule is CCn1nnnc1SC(C)C(=O)NC(C)C. The van der Waals surface area contributed by atoms with Crippen molar-refractivity contribution in [1.82, 2.24) is 25.5 Å². The number of aromatic nitrogens is 4. The van der Waals surface area contributed by atoms with Gasteiger partial charge in [0.1, 0.15) is 0 Å². The van der Waals surface area contributed by atoms with Crippen LogP contribution in [0.3, 0.4) is 0 Å². The van der Waals surface area contributed by atoms with Crippen LogP contribution in [0.1, 0.15) is 27.7 Å². The molecule has 7 heteroatoms. The van der Waals surface area contributed by atoms with Crippen LogP contribution in [0, 0.1) is 0 Å². The molecule has 1 heterocycles. The molecule has 1 atom stereocenters. The van der Waals surface area contributed by atoms with Gasteiger partial charge >= 0.3 is 0 Å². The van der Waals surface area contributed by atoms with Gasteiger partial charge in [0.2, 0.25) is 11.1 Å². The Morgan fingerprint density at radius 1 is 1.50 bits per heavy atom. The zero-order chi connectivity index (χ0) is 12.1. The third-order valence-electron chi connectivity index (χ3n) is 1.88. The van der Waals surface area contributed by atoms with Crippen molar-refractivity contribution in [3.63, 3.8) is 0 Å². The number of carbonyl (C=O) groups excluding carboxylic acids is 1. The molecule has 1 amide bonds. The average Bonchev–Trinajstić information content (AvgIpc) is 2.64. The van der Waals surface area contributed by atoms with Crippen molar-refractivity contribution in [2.24, 2.45) is 0 Å². The molecule has 0 aliphatic carbocycles. The smallest absolute Gasteiger partial charge is 0.233 e. The van der Waals surface area contributed by atoms with E-state index >= 15 is 0 Å². The van der Waals surface area contributed by atoms with Crippen LogP contribution in [0.15, 0.2) is 5.16 Å². The number of aryl methyl sites for hydroxylation is 1. The molecular formula is C9H17N5OS. The Labute approximate surface area is 99.2 Å². The molecule has 1 N–H and O–H groups in total. The van der Waals surface area contributed by atoms with E-state index in [0.29, 0.717) is 11.7 Å². The summed E-state index contributed by atoms with van der Waals surface area (Å²) < 4.78 is 1.67. The summed E-state index contributed by atoms with van der Waals surface area (Å²) in [7, 11) is 0. The number of nitrogens with one attached hydrogen (secondary N) is 1. The summed E-state index contributed by atoms with van der Waals surface area (Å²) in [6, 6.07) is 0.151. The van der Waals surface area contributed by atoms with Crippen LogP contribution in [-0.2, 0) is 11.3 Å². The van der Waals surface area contributed by atoms with Gasteiger partial charge in [-0.3, -0.25) is 4.79 Å². The van der Waals surface area contributed by atoms with Gasteiger partial charge < -0.3 is 5.32 Å². The van der Waals surface area contributed by atoms with E-state index in [2.05, 4.69) is 20.8 Å². The van der Waals surface area contributed by atoms with E-state index in [9.17, 15) is 4.79 Å². The fraction of sp³-hybridized carbons (Fsp3) is 0.778. The maximum absolute atomic E-state index is 11.7. The second kappa shape index (κ2) is 5.83. The highest BCUT2D eigenvalue weighted by molar-refractivity contribution is 8.00. The molecule has 1 rings (SSSR count). The molecule has 16 heavy (non-hydrogen) atoms. The first-order chi connectivity index (χ1) is 7.54. The predicted molar refractivity (Wildman–Crippen MR) is 62.1 cm³/mol. The lowest BCUT2D eigenvalue weighted by Gasteiger charge is -2.13. The second-order valence-corrected chi connectivity index (χ2v) is 5.01. The van der Waals surface area contributed by atoms with Crippen molar-refractivity contribution in [3.8, 4) is 0 Å². The first-order valence-electron chi connectivity index (χ1n) is 5.27. The standard InChI is InChI=1S/C9H17N5OS/c1-5-14-9(11-12-13-14)16-7(4)8(15)10-6(2)3/h6-7H,5H2,1-4H3,(H,10,15). The highest BCUT2D eigenvalue weighted by Crippen LogP contribution is 2.19. The number of hydrogen-bond donors (Lipinski definition) is 1. The van der Waals surface area contributed by atoms with Gasteiger partial charge in [-0.15, -0.1) is 5.10 Å². The Kier molecular flexibility index (Phi) is 4.72. The quantitative estimate of drug-likeness (QED) is 0.771. The maximum atomic E-state index is 11.7. The van der Waals surface area contributed by atoms with Gasteiger partial charge in [-0.05, 0) is 38.1 Å². The molecule has 0 bridgehead atoms. The summed E-state index contributed by atoms with van der Waals surface area (Å²) in [4.78, 5) is 11.7. The molecular weight excluding hydrogens is 226 g/mol. The van der Waals surface area contributed by atoms with Crippen molar-refractivity contribution in [2.75, 3.05) is 0 Å². The molecule has 0 aromatic carbocycles. The highest BCUT2D eigenvalue weighted by Gasteiger charge is 2.18. The van der Waals surface area contributed by atoms with Gasteiger partial charge in [0.05, 0.1) is 5.25 Å². The van der Waals surface area contributed by atoms with Crippen molar-refractivity contribution in [3.05, 3.63) is 0 Å². The molecule has 1 aromatic rings. The minimum atomic E-state index is -0.196. The number of amides is 1. The Balaban J connectivity index is 2.57. The molecule has 0 saturated heterocycles. The van der Waals surface area contributed by atoms with E-state index in [1.54, 1.807) is 4.68 Å². The number of tetrazole rings is 1. The predicted octanol–water partition coefficient (Wildman–Crippen LogP) is 0.698. The molecule has 0 aliphatic heterocycles. The van der Waals surface area contributed by atoms with Gasteiger partial charge in [0, 0.05) is 12.6 Å². The largest absolute Gasteiger partial charge is 0.353 e.